The van der Waals surface area contributed by atoms with E-state index in [0.717, 1.165) is 29.3 Å². The molecular weight excluding hydrogens is 208 g/mol. The SMILES string of the molecule is CCc1c(C)nc(S[C@@H](C)CC)[nH]c1=O. The molecule has 4 heteroatoms. The molecule has 0 saturated heterocycles. The first-order valence-corrected chi connectivity index (χ1v) is 6.22. The van der Waals surface area contributed by atoms with Gasteiger partial charge in [0.05, 0.1) is 0 Å². The fourth-order valence-corrected chi connectivity index (χ4v) is 2.22. The van der Waals surface area contributed by atoms with E-state index in [1.54, 1.807) is 11.8 Å². The zero-order valence-corrected chi connectivity index (χ0v) is 10.6. The van der Waals surface area contributed by atoms with Crippen molar-refractivity contribution in [3.63, 3.8) is 0 Å². The van der Waals surface area contributed by atoms with Crippen molar-refractivity contribution in [1.82, 2.24) is 9.97 Å². The van der Waals surface area contributed by atoms with Crippen LogP contribution in [-0.4, -0.2) is 15.2 Å². The molecule has 0 aliphatic carbocycles. The zero-order valence-electron chi connectivity index (χ0n) is 9.76. The number of rotatable bonds is 4. The second kappa shape index (κ2) is 5.35. The van der Waals surface area contributed by atoms with Crippen molar-refractivity contribution in [1.29, 1.82) is 0 Å². The number of hydrogen-bond acceptors (Lipinski definition) is 3. The number of aryl methyl sites for hydroxylation is 1. The number of thioether (sulfide) groups is 1. The number of hydrogen-bond donors (Lipinski definition) is 1. The molecule has 15 heavy (non-hydrogen) atoms. The van der Waals surface area contributed by atoms with E-state index < -0.39 is 0 Å². The van der Waals surface area contributed by atoms with Crippen LogP contribution >= 0.6 is 11.8 Å². The standard InChI is InChI=1S/C11H18N2OS/c1-5-7(3)15-11-12-8(4)9(6-2)10(14)13-11/h7H,5-6H2,1-4H3,(H,12,13,14)/t7-/m0/s1. The Morgan fingerprint density at radius 3 is 2.60 bits per heavy atom. The molecule has 84 valence electrons. The second-order valence-electron chi connectivity index (χ2n) is 3.63. The maximum atomic E-state index is 11.7. The van der Waals surface area contributed by atoms with E-state index in [0.29, 0.717) is 5.25 Å². The normalized spacial score (nSPS) is 12.8. The minimum absolute atomic E-state index is 0.0100. The highest BCUT2D eigenvalue weighted by molar-refractivity contribution is 7.99. The highest BCUT2D eigenvalue weighted by Gasteiger charge is 2.08. The van der Waals surface area contributed by atoms with E-state index in [2.05, 4.69) is 23.8 Å². The molecule has 0 spiro atoms. The van der Waals surface area contributed by atoms with Gasteiger partial charge in [0.15, 0.2) is 5.16 Å². The predicted molar refractivity (Wildman–Crippen MR) is 64.6 cm³/mol. The molecule has 1 atom stereocenters. The van der Waals surface area contributed by atoms with E-state index >= 15 is 0 Å². The Balaban J connectivity index is 2.99. The Bertz CT molecular complexity index is 387. The lowest BCUT2D eigenvalue weighted by molar-refractivity contribution is 0.840. The van der Waals surface area contributed by atoms with Crippen LogP contribution in [0.3, 0.4) is 0 Å². The molecule has 0 radical (unpaired) electrons. The van der Waals surface area contributed by atoms with E-state index in [-0.39, 0.29) is 5.56 Å². The lowest BCUT2D eigenvalue weighted by Gasteiger charge is -2.08. The van der Waals surface area contributed by atoms with E-state index in [9.17, 15) is 4.79 Å². The van der Waals surface area contributed by atoms with Crippen molar-refractivity contribution in [2.24, 2.45) is 0 Å². The Morgan fingerprint density at radius 2 is 2.13 bits per heavy atom. The third kappa shape index (κ3) is 3.09. The summed E-state index contributed by atoms with van der Waals surface area (Å²) in [5.74, 6) is 0. The first-order chi connectivity index (χ1) is 7.08. The molecule has 1 aromatic rings. The number of nitrogens with one attached hydrogen (secondary N) is 1. The molecule has 0 bridgehead atoms. The van der Waals surface area contributed by atoms with Gasteiger partial charge in [0.1, 0.15) is 0 Å². The fraction of sp³-hybridized carbons (Fsp3) is 0.636. The molecule has 0 aliphatic rings. The van der Waals surface area contributed by atoms with Gasteiger partial charge in [-0.15, -0.1) is 0 Å². The van der Waals surface area contributed by atoms with Gasteiger partial charge in [-0.2, -0.15) is 0 Å². The van der Waals surface area contributed by atoms with Crippen LogP contribution in [-0.2, 0) is 6.42 Å². The number of aromatic nitrogens is 2. The molecule has 0 unspecified atom stereocenters. The predicted octanol–water partition coefficient (Wildman–Crippen LogP) is 2.53. The third-order valence-electron chi connectivity index (χ3n) is 2.44. The zero-order chi connectivity index (χ0) is 11.4. The second-order valence-corrected chi connectivity index (χ2v) is 5.05. The maximum absolute atomic E-state index is 11.7. The number of nitrogens with zero attached hydrogens (tertiary/aromatic N) is 1. The molecule has 0 aromatic carbocycles. The van der Waals surface area contributed by atoms with E-state index in [4.69, 9.17) is 0 Å². The van der Waals surface area contributed by atoms with Gasteiger partial charge in [-0.1, -0.05) is 32.5 Å². The van der Waals surface area contributed by atoms with Crippen LogP contribution in [0.15, 0.2) is 9.95 Å². The fourth-order valence-electron chi connectivity index (χ4n) is 1.33. The van der Waals surface area contributed by atoms with Crippen molar-refractivity contribution < 1.29 is 0 Å². The summed E-state index contributed by atoms with van der Waals surface area (Å²) in [5.41, 5.74) is 1.66. The summed E-state index contributed by atoms with van der Waals surface area (Å²) in [7, 11) is 0. The molecule has 3 nitrogen and oxygen atoms in total. The van der Waals surface area contributed by atoms with Crippen molar-refractivity contribution in [2.45, 2.75) is 50.9 Å². The summed E-state index contributed by atoms with van der Waals surface area (Å²) in [6.45, 7) is 8.13. The highest BCUT2D eigenvalue weighted by Crippen LogP contribution is 2.20. The maximum Gasteiger partial charge on any atom is 0.254 e. The smallest absolute Gasteiger partial charge is 0.254 e. The van der Waals surface area contributed by atoms with Crippen molar-refractivity contribution in [2.75, 3.05) is 0 Å². The average molecular weight is 226 g/mol. The van der Waals surface area contributed by atoms with E-state index in [1.807, 2.05) is 13.8 Å². The molecule has 1 heterocycles. The molecule has 0 aliphatic heterocycles. The molecule has 1 N–H and O–H groups in total. The Morgan fingerprint density at radius 1 is 1.47 bits per heavy atom. The Hall–Kier alpha value is -0.770. The Kier molecular flexibility index (Phi) is 4.39. The largest absolute Gasteiger partial charge is 0.301 e. The molecule has 1 rings (SSSR count). The summed E-state index contributed by atoms with van der Waals surface area (Å²) in [6, 6.07) is 0. The van der Waals surface area contributed by atoms with Crippen LogP contribution < -0.4 is 5.56 Å². The van der Waals surface area contributed by atoms with Crippen LogP contribution in [0.1, 0.15) is 38.4 Å². The lowest BCUT2D eigenvalue weighted by Crippen LogP contribution is -2.17. The van der Waals surface area contributed by atoms with Crippen molar-refractivity contribution in [3.05, 3.63) is 21.6 Å². The van der Waals surface area contributed by atoms with Crippen molar-refractivity contribution >= 4 is 11.8 Å². The third-order valence-corrected chi connectivity index (χ3v) is 3.59. The van der Waals surface area contributed by atoms with E-state index in [1.165, 1.54) is 0 Å². The van der Waals surface area contributed by atoms with Gasteiger partial charge >= 0.3 is 0 Å². The number of aromatic amines is 1. The summed E-state index contributed by atoms with van der Waals surface area (Å²) in [6.07, 6.45) is 1.81. The minimum Gasteiger partial charge on any atom is -0.301 e. The molecular formula is C11H18N2OS. The number of H-pyrrole nitrogens is 1. The summed E-state index contributed by atoms with van der Waals surface area (Å²) in [5, 5.41) is 1.23. The van der Waals surface area contributed by atoms with Crippen molar-refractivity contribution in [3.8, 4) is 0 Å². The van der Waals surface area contributed by atoms with Gasteiger partial charge in [0.25, 0.3) is 5.56 Å². The monoisotopic (exact) mass is 226 g/mol. The van der Waals surface area contributed by atoms with Gasteiger partial charge in [-0.3, -0.25) is 4.79 Å². The summed E-state index contributed by atoms with van der Waals surface area (Å²) < 4.78 is 0. The molecule has 0 fully saturated rings. The van der Waals surface area contributed by atoms with Gasteiger partial charge in [0, 0.05) is 16.5 Å². The topological polar surface area (TPSA) is 45.8 Å². The quantitative estimate of drug-likeness (QED) is 0.634. The Labute approximate surface area is 94.7 Å². The van der Waals surface area contributed by atoms with Gasteiger partial charge < -0.3 is 4.98 Å². The lowest BCUT2D eigenvalue weighted by atomic mass is 10.2. The van der Waals surface area contributed by atoms with Gasteiger partial charge in [0.2, 0.25) is 0 Å². The van der Waals surface area contributed by atoms with Gasteiger partial charge in [-0.25, -0.2) is 4.98 Å². The van der Waals surface area contributed by atoms with Crippen LogP contribution in [0.25, 0.3) is 0 Å². The summed E-state index contributed by atoms with van der Waals surface area (Å²) in [4.78, 5) is 18.9. The molecule has 0 amide bonds. The average Bonchev–Trinajstić information content (AvgIpc) is 2.17. The molecule has 0 saturated carbocycles. The van der Waals surface area contributed by atoms with Crippen LogP contribution in [0, 0.1) is 6.92 Å². The van der Waals surface area contributed by atoms with Gasteiger partial charge in [-0.05, 0) is 19.8 Å². The van der Waals surface area contributed by atoms with Crippen LogP contribution in [0.4, 0.5) is 0 Å². The minimum atomic E-state index is 0.0100. The highest BCUT2D eigenvalue weighted by atomic mass is 32.2. The first kappa shape index (κ1) is 12.3. The first-order valence-electron chi connectivity index (χ1n) is 5.34. The van der Waals surface area contributed by atoms with Crippen LogP contribution in [0.5, 0.6) is 0 Å². The summed E-state index contributed by atoms with van der Waals surface area (Å²) >= 11 is 1.62. The molecule has 1 aromatic heterocycles. The van der Waals surface area contributed by atoms with Crippen LogP contribution in [0.2, 0.25) is 0 Å².